The average molecular weight is 390 g/mol. The number of oxazole rings is 1. The number of aromatic nitrogens is 1. The van der Waals surface area contributed by atoms with E-state index in [4.69, 9.17) is 15.3 Å². The third kappa shape index (κ3) is 4.13. The van der Waals surface area contributed by atoms with Crippen molar-refractivity contribution in [2.75, 3.05) is 0 Å². The number of nitrogens with two attached hydrogens (primary N) is 2. The van der Waals surface area contributed by atoms with Crippen LogP contribution in [0.1, 0.15) is 5.89 Å². The molecule has 0 saturated carbocycles. The number of nitrogens with one attached hydrogen (secondary N) is 1. The number of halogens is 1. The van der Waals surface area contributed by atoms with Gasteiger partial charge in [-0.1, -0.05) is 12.1 Å². The number of benzene rings is 2. The van der Waals surface area contributed by atoms with Gasteiger partial charge in [-0.15, -0.1) is 0 Å². The monoisotopic (exact) mass is 390 g/mol. The summed E-state index contributed by atoms with van der Waals surface area (Å²) in [5, 5.41) is 7.63. The van der Waals surface area contributed by atoms with Crippen molar-refractivity contribution in [3.63, 3.8) is 0 Å². The van der Waals surface area contributed by atoms with Crippen LogP contribution in [0.15, 0.2) is 57.8 Å². The summed E-state index contributed by atoms with van der Waals surface area (Å²) in [4.78, 5) is 15.1. The maximum Gasteiger partial charge on any atom is 0.312 e. The second-order valence-corrected chi connectivity index (χ2v) is 7.08. The van der Waals surface area contributed by atoms with Crippen LogP contribution in [0.2, 0.25) is 0 Å². The van der Waals surface area contributed by atoms with E-state index in [9.17, 15) is 17.6 Å². The number of carbonyl (C=O) groups is 1. The van der Waals surface area contributed by atoms with E-state index in [1.54, 1.807) is 6.07 Å². The van der Waals surface area contributed by atoms with Gasteiger partial charge in [-0.05, 0) is 36.4 Å². The van der Waals surface area contributed by atoms with Crippen molar-refractivity contribution in [3.8, 4) is 22.6 Å². The van der Waals surface area contributed by atoms with E-state index in [1.165, 1.54) is 42.5 Å². The lowest BCUT2D eigenvalue weighted by Gasteiger charge is -2.07. The zero-order valence-corrected chi connectivity index (χ0v) is 14.7. The van der Waals surface area contributed by atoms with E-state index in [0.29, 0.717) is 5.56 Å². The van der Waals surface area contributed by atoms with Gasteiger partial charge in [-0.2, -0.15) is 0 Å². The SMILES string of the molecule is NC(=O)NCc1nc(-c2ccc(F)cc2)c(-c2ccccc2S(N)(=O)=O)o1. The first-order valence-corrected chi connectivity index (χ1v) is 9.21. The van der Waals surface area contributed by atoms with Gasteiger partial charge < -0.3 is 15.5 Å². The highest BCUT2D eigenvalue weighted by Crippen LogP contribution is 2.36. The molecule has 0 atom stereocenters. The molecule has 8 nitrogen and oxygen atoms in total. The second-order valence-electron chi connectivity index (χ2n) is 5.55. The number of primary amides is 1. The van der Waals surface area contributed by atoms with E-state index in [0.717, 1.165) is 0 Å². The van der Waals surface area contributed by atoms with Gasteiger partial charge in [0.1, 0.15) is 11.5 Å². The van der Waals surface area contributed by atoms with Gasteiger partial charge in [0.15, 0.2) is 5.76 Å². The molecule has 0 fully saturated rings. The van der Waals surface area contributed by atoms with E-state index in [-0.39, 0.29) is 34.3 Å². The molecule has 0 spiro atoms. The number of rotatable bonds is 5. The lowest BCUT2D eigenvalue weighted by Crippen LogP contribution is -2.28. The first-order valence-electron chi connectivity index (χ1n) is 7.67. The smallest absolute Gasteiger partial charge is 0.312 e. The topological polar surface area (TPSA) is 141 Å². The molecule has 10 heteroatoms. The normalized spacial score (nSPS) is 11.3. The summed E-state index contributed by atoms with van der Waals surface area (Å²) >= 11 is 0. The molecular weight excluding hydrogens is 375 g/mol. The van der Waals surface area contributed by atoms with Crippen LogP contribution in [-0.2, 0) is 16.6 Å². The maximum absolute atomic E-state index is 13.3. The quantitative estimate of drug-likeness (QED) is 0.610. The molecule has 2 aromatic carbocycles. The molecule has 1 aromatic heterocycles. The summed E-state index contributed by atoms with van der Waals surface area (Å²) in [7, 11) is -4.04. The van der Waals surface area contributed by atoms with Crippen LogP contribution in [0.5, 0.6) is 0 Å². The number of urea groups is 1. The van der Waals surface area contributed by atoms with Gasteiger partial charge in [0.2, 0.25) is 15.9 Å². The van der Waals surface area contributed by atoms with Crippen LogP contribution >= 0.6 is 0 Å². The zero-order valence-electron chi connectivity index (χ0n) is 13.8. The summed E-state index contributed by atoms with van der Waals surface area (Å²) in [5.41, 5.74) is 6.00. The van der Waals surface area contributed by atoms with Crippen molar-refractivity contribution in [2.24, 2.45) is 10.9 Å². The summed E-state index contributed by atoms with van der Waals surface area (Å²) in [6.45, 7) is -0.110. The molecule has 140 valence electrons. The lowest BCUT2D eigenvalue weighted by molar-refractivity contribution is 0.247. The minimum absolute atomic E-state index is 0.0901. The van der Waals surface area contributed by atoms with E-state index in [1.807, 2.05) is 0 Å². The van der Waals surface area contributed by atoms with E-state index in [2.05, 4.69) is 10.3 Å². The van der Waals surface area contributed by atoms with Gasteiger partial charge >= 0.3 is 6.03 Å². The third-order valence-corrected chi connectivity index (χ3v) is 4.61. The molecule has 0 radical (unpaired) electrons. The number of hydrogen-bond acceptors (Lipinski definition) is 5. The van der Waals surface area contributed by atoms with Gasteiger partial charge in [0, 0.05) is 11.1 Å². The van der Waals surface area contributed by atoms with E-state index < -0.39 is 21.9 Å². The van der Waals surface area contributed by atoms with Crippen molar-refractivity contribution in [3.05, 3.63) is 60.2 Å². The Hall–Kier alpha value is -3.24. The molecule has 0 aliphatic rings. The summed E-state index contributed by atoms with van der Waals surface area (Å²) in [6, 6.07) is 10.6. The molecular formula is C17H15FN4O4S. The molecule has 0 bridgehead atoms. The van der Waals surface area contributed by atoms with Crippen LogP contribution in [0.4, 0.5) is 9.18 Å². The Kier molecular flexibility index (Phi) is 4.93. The summed E-state index contributed by atoms with van der Waals surface area (Å²) in [6.07, 6.45) is 0. The number of sulfonamides is 1. The van der Waals surface area contributed by atoms with Crippen LogP contribution in [0.25, 0.3) is 22.6 Å². The van der Waals surface area contributed by atoms with Gasteiger partial charge in [-0.25, -0.2) is 27.7 Å². The predicted octanol–water partition coefficient (Wildman–Crippen LogP) is 1.96. The fraction of sp³-hybridized carbons (Fsp3) is 0.0588. The number of carbonyl (C=O) groups excluding carboxylic acids is 1. The standard InChI is InChI=1S/C17H15FN4O4S/c18-11-7-5-10(6-8-11)15-16(26-14(22-15)9-21-17(19)23)12-3-1-2-4-13(12)27(20,24)25/h1-8H,9H2,(H3,19,21,23)(H2,20,24,25). The van der Waals surface area contributed by atoms with Gasteiger partial charge in [0.25, 0.3) is 0 Å². The largest absolute Gasteiger partial charge is 0.438 e. The Morgan fingerprint density at radius 1 is 1.15 bits per heavy atom. The molecule has 2 amide bonds. The molecule has 5 N–H and O–H groups in total. The van der Waals surface area contributed by atoms with E-state index >= 15 is 0 Å². The maximum atomic E-state index is 13.3. The molecule has 0 unspecified atom stereocenters. The summed E-state index contributed by atoms with van der Waals surface area (Å²) in [5.74, 6) is -0.232. The first-order chi connectivity index (χ1) is 12.8. The Bertz CT molecular complexity index is 1090. The van der Waals surface area contributed by atoms with Crippen molar-refractivity contribution < 1.29 is 22.0 Å². The highest BCUT2D eigenvalue weighted by molar-refractivity contribution is 7.89. The van der Waals surface area contributed by atoms with Crippen molar-refractivity contribution in [1.82, 2.24) is 10.3 Å². The highest BCUT2D eigenvalue weighted by atomic mass is 32.2. The van der Waals surface area contributed by atoms with Gasteiger partial charge in [-0.3, -0.25) is 0 Å². The van der Waals surface area contributed by atoms with Crippen LogP contribution in [0, 0.1) is 5.82 Å². The molecule has 0 aliphatic carbocycles. The zero-order chi connectivity index (χ0) is 19.6. The molecule has 3 aromatic rings. The van der Waals surface area contributed by atoms with Crippen molar-refractivity contribution >= 4 is 16.1 Å². The Morgan fingerprint density at radius 3 is 2.44 bits per heavy atom. The Labute approximate surface area is 154 Å². The molecule has 0 aliphatic heterocycles. The minimum atomic E-state index is -4.04. The van der Waals surface area contributed by atoms with Crippen molar-refractivity contribution in [2.45, 2.75) is 11.4 Å². The fourth-order valence-electron chi connectivity index (χ4n) is 2.49. The van der Waals surface area contributed by atoms with Crippen LogP contribution in [0.3, 0.4) is 0 Å². The molecule has 3 rings (SSSR count). The fourth-order valence-corrected chi connectivity index (χ4v) is 3.23. The molecule has 0 saturated heterocycles. The Morgan fingerprint density at radius 2 is 1.81 bits per heavy atom. The Balaban J connectivity index is 2.19. The number of amides is 2. The molecule has 27 heavy (non-hydrogen) atoms. The van der Waals surface area contributed by atoms with Gasteiger partial charge in [0.05, 0.1) is 11.4 Å². The first kappa shape index (κ1) is 18.5. The number of hydrogen-bond donors (Lipinski definition) is 3. The van der Waals surface area contributed by atoms with Crippen molar-refractivity contribution in [1.29, 1.82) is 0 Å². The van der Waals surface area contributed by atoms with Crippen LogP contribution < -0.4 is 16.2 Å². The highest BCUT2D eigenvalue weighted by Gasteiger charge is 2.23. The summed E-state index contributed by atoms with van der Waals surface area (Å²) < 4.78 is 42.8. The molecule has 1 heterocycles. The van der Waals surface area contributed by atoms with Crippen LogP contribution in [-0.4, -0.2) is 19.4 Å². The minimum Gasteiger partial charge on any atom is -0.438 e. The number of nitrogens with zero attached hydrogens (tertiary/aromatic N) is 1. The third-order valence-electron chi connectivity index (χ3n) is 3.64. The average Bonchev–Trinajstić information content (AvgIpc) is 3.04. The number of primary sulfonamides is 1. The lowest BCUT2D eigenvalue weighted by atomic mass is 10.1. The predicted molar refractivity (Wildman–Crippen MR) is 95.1 cm³/mol. The second kappa shape index (κ2) is 7.17.